The lowest BCUT2D eigenvalue weighted by Gasteiger charge is -2.21. The van der Waals surface area contributed by atoms with Crippen molar-refractivity contribution in [2.45, 2.75) is 38.5 Å². The van der Waals surface area contributed by atoms with Crippen LogP contribution in [0.5, 0.6) is 0 Å². The minimum Gasteiger partial charge on any atom is -0.256 e. The number of hydrogen-bond donors (Lipinski definition) is 0. The average Bonchev–Trinajstić information content (AvgIpc) is 3.87. The van der Waals surface area contributed by atoms with Crippen LogP contribution in [0.3, 0.4) is 0 Å². The summed E-state index contributed by atoms with van der Waals surface area (Å²) in [6.07, 6.45) is 3.64. The third kappa shape index (κ3) is 7.03. The van der Waals surface area contributed by atoms with Crippen molar-refractivity contribution in [1.82, 2.24) is 24.9 Å². The van der Waals surface area contributed by atoms with E-state index in [1.807, 2.05) is 36.7 Å². The Hall–Kier alpha value is -9.19. The van der Waals surface area contributed by atoms with Gasteiger partial charge in [0.1, 0.15) is 0 Å². The molecule has 0 atom stereocenters. The van der Waals surface area contributed by atoms with E-state index in [9.17, 15) is 0 Å². The van der Waals surface area contributed by atoms with Gasteiger partial charge in [-0.15, -0.1) is 0 Å². The minimum absolute atomic E-state index is 0.0772. The second-order valence-corrected chi connectivity index (χ2v) is 20.9. The Labute approximate surface area is 431 Å². The Morgan fingerprint density at radius 3 is 1.09 bits per heavy atom. The summed E-state index contributed by atoms with van der Waals surface area (Å²) >= 11 is 0. The molecule has 12 aromatic rings. The van der Waals surface area contributed by atoms with E-state index < -0.39 is 0 Å². The van der Waals surface area contributed by atoms with Crippen LogP contribution in [-0.2, 0) is 10.8 Å². The second kappa shape index (κ2) is 16.7. The van der Waals surface area contributed by atoms with Gasteiger partial charge in [0.25, 0.3) is 0 Å². The number of fused-ring (bicyclic) bond motifs is 8. The lowest BCUT2D eigenvalue weighted by Crippen LogP contribution is -2.14. The van der Waals surface area contributed by atoms with Crippen LogP contribution in [0.4, 0.5) is 0 Å². The Bertz CT molecular complexity index is 3980. The zero-order chi connectivity index (χ0) is 49.7. The first-order valence-corrected chi connectivity index (χ1v) is 25.5. The molecular formula is C69H49N5. The van der Waals surface area contributed by atoms with Crippen LogP contribution in [0.1, 0.15) is 49.9 Å². The Balaban J connectivity index is 0.926. The van der Waals surface area contributed by atoms with Crippen LogP contribution in [0, 0.1) is 0 Å². The summed E-state index contributed by atoms with van der Waals surface area (Å²) in [5, 5.41) is 2.03. The average molecular weight is 948 g/mol. The van der Waals surface area contributed by atoms with Gasteiger partial charge in [-0.05, 0) is 156 Å². The Morgan fingerprint density at radius 2 is 0.635 bits per heavy atom. The van der Waals surface area contributed by atoms with Crippen molar-refractivity contribution in [2.75, 3.05) is 0 Å². The highest BCUT2D eigenvalue weighted by atomic mass is 15.0. The Kier molecular flexibility index (Phi) is 9.83. The fourth-order valence-electron chi connectivity index (χ4n) is 12.0. The van der Waals surface area contributed by atoms with Crippen LogP contribution >= 0.6 is 0 Å². The number of nitrogens with zero attached hydrogens (tertiary/aromatic N) is 5. The van der Waals surface area contributed by atoms with Crippen molar-refractivity contribution in [3.8, 4) is 101 Å². The van der Waals surface area contributed by atoms with Gasteiger partial charge in [0.05, 0.1) is 11.0 Å². The van der Waals surface area contributed by atoms with Crippen molar-refractivity contribution in [3.05, 3.63) is 247 Å². The molecule has 2 aliphatic rings. The third-order valence-corrected chi connectivity index (χ3v) is 15.8. The largest absolute Gasteiger partial charge is 0.256 e. The maximum atomic E-state index is 5.32. The van der Waals surface area contributed by atoms with Gasteiger partial charge < -0.3 is 0 Å². The van der Waals surface area contributed by atoms with Gasteiger partial charge in [-0.1, -0.05) is 173 Å². The molecule has 2 aliphatic carbocycles. The first-order chi connectivity index (χ1) is 36.2. The van der Waals surface area contributed by atoms with Crippen LogP contribution in [0.25, 0.3) is 123 Å². The number of rotatable bonds is 7. The molecule has 74 heavy (non-hydrogen) atoms. The third-order valence-electron chi connectivity index (χ3n) is 15.8. The number of pyridine rings is 2. The van der Waals surface area contributed by atoms with E-state index >= 15 is 0 Å². The second-order valence-electron chi connectivity index (χ2n) is 20.9. The van der Waals surface area contributed by atoms with E-state index in [1.165, 1.54) is 66.8 Å². The first kappa shape index (κ1) is 43.6. The van der Waals surface area contributed by atoms with Gasteiger partial charge in [-0.25, -0.2) is 15.0 Å². The smallest absolute Gasteiger partial charge is 0.164 e. The van der Waals surface area contributed by atoms with Crippen LogP contribution < -0.4 is 0 Å². The van der Waals surface area contributed by atoms with Crippen molar-refractivity contribution < 1.29 is 0 Å². The summed E-state index contributed by atoms with van der Waals surface area (Å²) < 4.78 is 0. The van der Waals surface area contributed by atoms with Crippen molar-refractivity contribution in [2.24, 2.45) is 0 Å². The molecular weight excluding hydrogens is 899 g/mol. The van der Waals surface area contributed by atoms with E-state index in [2.05, 4.69) is 226 Å². The molecule has 0 amide bonds. The zero-order valence-electron chi connectivity index (χ0n) is 41.6. The van der Waals surface area contributed by atoms with Gasteiger partial charge in [0.15, 0.2) is 17.5 Å². The number of aromatic nitrogens is 5. The van der Waals surface area contributed by atoms with Gasteiger partial charge in [0.2, 0.25) is 0 Å². The topological polar surface area (TPSA) is 64.5 Å². The molecule has 0 fully saturated rings. The summed E-state index contributed by atoms with van der Waals surface area (Å²) in [5.41, 5.74) is 24.3. The molecule has 350 valence electrons. The predicted molar refractivity (Wildman–Crippen MR) is 304 cm³/mol. The van der Waals surface area contributed by atoms with Crippen LogP contribution in [-0.4, -0.2) is 24.9 Å². The molecule has 0 saturated carbocycles. The number of hydrogen-bond acceptors (Lipinski definition) is 5. The molecule has 0 spiro atoms. The van der Waals surface area contributed by atoms with E-state index in [0.717, 1.165) is 60.8 Å². The monoisotopic (exact) mass is 947 g/mol. The maximum Gasteiger partial charge on any atom is 0.164 e. The molecule has 0 unspecified atom stereocenters. The molecule has 3 heterocycles. The highest BCUT2D eigenvalue weighted by molar-refractivity contribution is 5.95. The lowest BCUT2D eigenvalue weighted by molar-refractivity contribution is 0.660. The van der Waals surface area contributed by atoms with Crippen molar-refractivity contribution in [1.29, 1.82) is 0 Å². The van der Waals surface area contributed by atoms with Gasteiger partial charge in [0, 0.05) is 50.7 Å². The van der Waals surface area contributed by atoms with Gasteiger partial charge in [-0.3, -0.25) is 9.97 Å². The fourth-order valence-corrected chi connectivity index (χ4v) is 12.0. The van der Waals surface area contributed by atoms with E-state index in [-0.39, 0.29) is 10.8 Å². The standard InChI is InChI=1S/C69H49N5/c1-68(2)57-19-7-5-15-55(57)63-53(17-9-21-59(63)68)44-27-23-42(24-28-44)50-39-51(43-25-29-45(30-26-43)54-18-10-22-60-64(54)56-16-6-8-20-58(56)69(60,3)4)41-52(40-50)67-73-65(48-31-33-61-46(37-48)13-11-35-70-61)72-66(74-67)49-32-34-62-47(38-49)14-12-36-71-62/h5-41H,1-4H3. The highest BCUT2D eigenvalue weighted by Gasteiger charge is 2.38. The molecule has 3 aromatic heterocycles. The summed E-state index contributed by atoms with van der Waals surface area (Å²) in [6, 6.07) is 76.7. The van der Waals surface area contributed by atoms with Crippen LogP contribution in [0.15, 0.2) is 225 Å². The first-order valence-electron chi connectivity index (χ1n) is 25.5. The molecule has 14 rings (SSSR count). The highest BCUT2D eigenvalue weighted by Crippen LogP contribution is 2.53. The molecule has 0 radical (unpaired) electrons. The van der Waals surface area contributed by atoms with Gasteiger partial charge in [-0.2, -0.15) is 0 Å². The Morgan fingerprint density at radius 1 is 0.270 bits per heavy atom. The molecule has 5 heteroatoms. The van der Waals surface area contributed by atoms with Crippen molar-refractivity contribution >= 4 is 21.8 Å². The maximum absolute atomic E-state index is 5.32. The summed E-state index contributed by atoms with van der Waals surface area (Å²) in [7, 11) is 0. The lowest BCUT2D eigenvalue weighted by atomic mass is 9.82. The summed E-state index contributed by atoms with van der Waals surface area (Å²) in [4.78, 5) is 25.0. The van der Waals surface area contributed by atoms with Crippen molar-refractivity contribution in [3.63, 3.8) is 0 Å². The molecule has 0 bridgehead atoms. The molecule has 9 aromatic carbocycles. The van der Waals surface area contributed by atoms with E-state index in [1.54, 1.807) is 0 Å². The molecule has 5 nitrogen and oxygen atoms in total. The van der Waals surface area contributed by atoms with E-state index in [0.29, 0.717) is 17.5 Å². The normalized spacial score (nSPS) is 13.6. The summed E-state index contributed by atoms with van der Waals surface area (Å²) in [6.45, 7) is 9.36. The quantitative estimate of drug-likeness (QED) is 0.159. The number of benzene rings is 9. The fraction of sp³-hybridized carbons (Fsp3) is 0.0870. The van der Waals surface area contributed by atoms with Crippen LogP contribution in [0.2, 0.25) is 0 Å². The SMILES string of the molecule is CC1(C)c2ccccc2-c2c(-c3ccc(-c4cc(-c5ccc(-c6cccc7c6-c6ccccc6C7(C)C)cc5)cc(-c5nc(-c6ccc7ncccc7c6)nc(-c6ccc7ncccc7c6)n5)c4)cc3)cccc21. The van der Waals surface area contributed by atoms with Gasteiger partial charge >= 0.3 is 0 Å². The molecule has 0 saturated heterocycles. The molecule has 0 N–H and O–H groups in total. The zero-order valence-corrected chi connectivity index (χ0v) is 41.6. The predicted octanol–water partition coefficient (Wildman–Crippen LogP) is 17.2. The summed E-state index contributed by atoms with van der Waals surface area (Å²) in [5.74, 6) is 1.76. The minimum atomic E-state index is -0.0772. The molecule has 0 aliphatic heterocycles. The van der Waals surface area contributed by atoms with E-state index in [4.69, 9.17) is 15.0 Å².